The van der Waals surface area contributed by atoms with Gasteiger partial charge in [-0.1, -0.05) is 13.8 Å². The first-order valence-electron chi connectivity index (χ1n) is 11.5. The van der Waals surface area contributed by atoms with Crippen molar-refractivity contribution in [1.29, 1.82) is 0 Å². The number of hydrogen-bond donors (Lipinski definition) is 8. The van der Waals surface area contributed by atoms with Gasteiger partial charge in [0.2, 0.25) is 29.5 Å². The molecule has 0 saturated carbocycles. The van der Waals surface area contributed by atoms with Gasteiger partial charge in [0.05, 0.1) is 18.7 Å². The first kappa shape index (κ1) is 29.8. The van der Waals surface area contributed by atoms with Gasteiger partial charge in [-0.2, -0.15) is 0 Å². The van der Waals surface area contributed by atoms with Gasteiger partial charge in [0, 0.05) is 13.0 Å². The molecule has 1 saturated heterocycles. The zero-order valence-corrected chi connectivity index (χ0v) is 20.0. The molecule has 0 unspecified atom stereocenters. The molecule has 14 nitrogen and oxygen atoms in total. The maximum Gasteiger partial charge on any atom is 0.322 e. The third-order valence-corrected chi connectivity index (χ3v) is 5.26. The Kier molecular flexibility index (Phi) is 12.7. The van der Waals surface area contributed by atoms with Gasteiger partial charge in [0.15, 0.2) is 0 Å². The molecule has 0 bridgehead atoms. The topological polar surface area (TPSA) is 229 Å². The first-order valence-corrected chi connectivity index (χ1v) is 11.5. The maximum atomic E-state index is 12.9. The van der Waals surface area contributed by atoms with Crippen molar-refractivity contribution in [3.63, 3.8) is 0 Å². The molecule has 1 fully saturated rings. The minimum Gasteiger partial charge on any atom is -0.480 e. The van der Waals surface area contributed by atoms with Crippen LogP contribution < -0.4 is 32.3 Å². The summed E-state index contributed by atoms with van der Waals surface area (Å²) in [5.41, 5.74) is 5.16. The number of nitrogens with one attached hydrogen (secondary N) is 5. The fourth-order valence-electron chi connectivity index (χ4n) is 3.34. The van der Waals surface area contributed by atoms with Gasteiger partial charge in [-0.05, 0) is 31.6 Å². The number of primary amides is 1. The molecule has 0 aliphatic carbocycles. The molecule has 9 N–H and O–H groups in total. The summed E-state index contributed by atoms with van der Waals surface area (Å²) in [5, 5.41) is 30.6. The number of carbonyl (C=O) groups is 6. The van der Waals surface area contributed by atoms with Crippen molar-refractivity contribution in [2.24, 2.45) is 11.7 Å². The van der Waals surface area contributed by atoms with Gasteiger partial charge < -0.3 is 42.5 Å². The number of rotatable bonds is 15. The van der Waals surface area contributed by atoms with E-state index < -0.39 is 72.8 Å². The van der Waals surface area contributed by atoms with E-state index in [0.717, 1.165) is 0 Å². The second-order valence-corrected chi connectivity index (χ2v) is 8.84. The number of carboxylic acid groups (broad SMARTS) is 1. The van der Waals surface area contributed by atoms with E-state index in [0.29, 0.717) is 6.42 Å². The predicted octanol–water partition coefficient (Wildman–Crippen LogP) is -3.30. The summed E-state index contributed by atoms with van der Waals surface area (Å²) in [4.78, 5) is 71.7. The van der Waals surface area contributed by atoms with Crippen LogP contribution in [-0.4, -0.2) is 89.6 Å². The quantitative estimate of drug-likeness (QED) is 0.112. The number of carboxylic acids is 1. The molecule has 5 amide bonds. The summed E-state index contributed by atoms with van der Waals surface area (Å²) >= 11 is 0. The molecule has 0 aromatic rings. The molecule has 1 aliphatic heterocycles. The lowest BCUT2D eigenvalue weighted by atomic mass is 10.0. The Morgan fingerprint density at radius 2 is 1.60 bits per heavy atom. The lowest BCUT2D eigenvalue weighted by molar-refractivity contribution is -0.138. The number of aliphatic hydroxyl groups excluding tert-OH is 1. The van der Waals surface area contributed by atoms with Crippen LogP contribution in [-0.2, 0) is 28.8 Å². The summed E-state index contributed by atoms with van der Waals surface area (Å²) in [6.07, 6.45) is -0.0422. The second-order valence-electron chi connectivity index (χ2n) is 8.84. The fraction of sp³-hybridized carbons (Fsp3) is 0.714. The highest BCUT2D eigenvalue weighted by molar-refractivity contribution is 5.94. The SMILES string of the molecule is CC(C)CC[C@@H](NC(=O)[C@@H](CCC(N)=O)NC(=O)CNC(=O)[C@@H]1C[C@@H](O)CN1)C(=O)NCC(=O)O. The highest BCUT2D eigenvalue weighted by atomic mass is 16.4. The van der Waals surface area contributed by atoms with Crippen molar-refractivity contribution < 1.29 is 39.0 Å². The van der Waals surface area contributed by atoms with Crippen LogP contribution in [0.1, 0.15) is 46.0 Å². The average molecular weight is 501 g/mol. The van der Waals surface area contributed by atoms with Gasteiger partial charge >= 0.3 is 5.97 Å². The minimum atomic E-state index is -1.25. The van der Waals surface area contributed by atoms with Crippen molar-refractivity contribution in [3.05, 3.63) is 0 Å². The fourth-order valence-corrected chi connectivity index (χ4v) is 3.34. The Hall–Kier alpha value is -3.26. The number of nitrogens with two attached hydrogens (primary N) is 1. The number of hydrogen-bond acceptors (Lipinski definition) is 8. The Morgan fingerprint density at radius 1 is 0.943 bits per heavy atom. The van der Waals surface area contributed by atoms with E-state index in [1.54, 1.807) is 0 Å². The molecule has 35 heavy (non-hydrogen) atoms. The lowest BCUT2D eigenvalue weighted by Gasteiger charge is -2.23. The number of β-amino-alcohol motifs (C(OH)–C–C–N with tert-alkyl or cyclic N) is 1. The number of aliphatic carboxylic acids is 1. The van der Waals surface area contributed by atoms with Crippen molar-refractivity contribution >= 4 is 35.5 Å². The van der Waals surface area contributed by atoms with Gasteiger partial charge in [-0.3, -0.25) is 28.8 Å². The molecule has 14 heteroatoms. The van der Waals surface area contributed by atoms with Gasteiger partial charge in [-0.15, -0.1) is 0 Å². The molecule has 0 radical (unpaired) electrons. The molecule has 0 aromatic carbocycles. The van der Waals surface area contributed by atoms with Crippen LogP contribution in [0.5, 0.6) is 0 Å². The molecular weight excluding hydrogens is 464 g/mol. The van der Waals surface area contributed by atoms with Gasteiger partial charge in [0.25, 0.3) is 0 Å². The molecule has 0 spiro atoms. The van der Waals surface area contributed by atoms with E-state index in [2.05, 4.69) is 26.6 Å². The third-order valence-electron chi connectivity index (χ3n) is 5.26. The minimum absolute atomic E-state index is 0.148. The van der Waals surface area contributed by atoms with Crippen molar-refractivity contribution in [2.45, 2.75) is 70.2 Å². The third kappa shape index (κ3) is 12.1. The van der Waals surface area contributed by atoms with Crippen LogP contribution in [0.15, 0.2) is 0 Å². The standard InChI is InChI=1S/C21H36N6O8/c1-11(2)3-4-13(19(33)25-10-18(31)32)27-21(35)14(5-6-16(22)29)26-17(30)9-24-20(34)15-7-12(28)8-23-15/h11-15,23,28H,3-10H2,1-2H3,(H2,22,29)(H,24,34)(H,25,33)(H,26,30)(H,27,35)(H,31,32)/t12-,13-,14-,15+/m1/s1. The Labute approximate surface area is 203 Å². The van der Waals surface area contributed by atoms with Gasteiger partial charge in [-0.25, -0.2) is 0 Å². The monoisotopic (exact) mass is 500 g/mol. The van der Waals surface area contributed by atoms with Gasteiger partial charge in [0.1, 0.15) is 18.6 Å². The molecule has 0 aromatic heterocycles. The van der Waals surface area contributed by atoms with Crippen LogP contribution in [0.4, 0.5) is 0 Å². The highest BCUT2D eigenvalue weighted by Crippen LogP contribution is 2.09. The number of carbonyl (C=O) groups excluding carboxylic acids is 5. The lowest BCUT2D eigenvalue weighted by Crippen LogP contribution is -2.55. The Morgan fingerprint density at radius 3 is 2.14 bits per heavy atom. The normalized spacial score (nSPS) is 18.9. The molecule has 1 heterocycles. The predicted molar refractivity (Wildman–Crippen MR) is 122 cm³/mol. The zero-order valence-electron chi connectivity index (χ0n) is 20.0. The van der Waals surface area contributed by atoms with E-state index in [4.69, 9.17) is 10.8 Å². The number of aliphatic hydroxyl groups is 1. The van der Waals surface area contributed by atoms with E-state index in [1.165, 1.54) is 0 Å². The van der Waals surface area contributed by atoms with E-state index in [1.807, 2.05) is 13.8 Å². The summed E-state index contributed by atoms with van der Waals surface area (Å²) in [7, 11) is 0. The molecule has 4 atom stereocenters. The molecular formula is C21H36N6O8. The summed E-state index contributed by atoms with van der Waals surface area (Å²) in [6.45, 7) is 3.02. The van der Waals surface area contributed by atoms with E-state index in [9.17, 15) is 33.9 Å². The highest BCUT2D eigenvalue weighted by Gasteiger charge is 2.30. The van der Waals surface area contributed by atoms with Crippen LogP contribution >= 0.6 is 0 Å². The summed E-state index contributed by atoms with van der Waals surface area (Å²) in [5.74, 6) is -4.40. The van der Waals surface area contributed by atoms with Crippen molar-refractivity contribution in [3.8, 4) is 0 Å². The first-order chi connectivity index (χ1) is 16.4. The number of amides is 5. The summed E-state index contributed by atoms with van der Waals surface area (Å²) < 4.78 is 0. The Bertz CT molecular complexity index is 790. The average Bonchev–Trinajstić information content (AvgIpc) is 3.21. The van der Waals surface area contributed by atoms with E-state index in [-0.39, 0.29) is 38.1 Å². The second kappa shape index (κ2) is 14.9. The van der Waals surface area contributed by atoms with Crippen LogP contribution in [0.2, 0.25) is 0 Å². The Balaban J connectivity index is 2.77. The van der Waals surface area contributed by atoms with Crippen LogP contribution in [0.3, 0.4) is 0 Å². The molecule has 1 rings (SSSR count). The molecule has 198 valence electrons. The van der Waals surface area contributed by atoms with Crippen molar-refractivity contribution in [1.82, 2.24) is 26.6 Å². The van der Waals surface area contributed by atoms with Crippen LogP contribution in [0.25, 0.3) is 0 Å². The van der Waals surface area contributed by atoms with Crippen LogP contribution in [0, 0.1) is 5.92 Å². The summed E-state index contributed by atoms with van der Waals surface area (Å²) in [6, 6.07) is -2.93. The van der Waals surface area contributed by atoms with Crippen molar-refractivity contribution in [2.75, 3.05) is 19.6 Å². The maximum absolute atomic E-state index is 12.9. The van der Waals surface area contributed by atoms with E-state index >= 15 is 0 Å². The smallest absolute Gasteiger partial charge is 0.322 e. The largest absolute Gasteiger partial charge is 0.480 e. The molecule has 1 aliphatic rings. The zero-order chi connectivity index (χ0) is 26.5.